The van der Waals surface area contributed by atoms with Crippen molar-refractivity contribution in [2.75, 3.05) is 6.54 Å². The molecule has 0 saturated carbocycles. The molecule has 2 aromatic heterocycles. The SMILES string of the molecule is O=C(CCn1cnc2c(-c3ccccc3)noc2c1=O)NCCC1=CCCCC1. The first-order valence-corrected chi connectivity index (χ1v) is 10.1. The Morgan fingerprint density at radius 2 is 2.07 bits per heavy atom. The molecule has 1 N–H and O–H groups in total. The topological polar surface area (TPSA) is 90.0 Å². The van der Waals surface area contributed by atoms with E-state index in [9.17, 15) is 9.59 Å². The number of hydrogen-bond acceptors (Lipinski definition) is 5. The lowest BCUT2D eigenvalue weighted by molar-refractivity contribution is -0.121. The highest BCUT2D eigenvalue weighted by Crippen LogP contribution is 2.24. The summed E-state index contributed by atoms with van der Waals surface area (Å²) in [5, 5.41) is 6.94. The van der Waals surface area contributed by atoms with Gasteiger partial charge in [-0.2, -0.15) is 0 Å². The van der Waals surface area contributed by atoms with E-state index in [1.807, 2.05) is 30.3 Å². The third-order valence-electron chi connectivity index (χ3n) is 5.23. The Hall–Kier alpha value is -3.22. The molecule has 0 radical (unpaired) electrons. The summed E-state index contributed by atoms with van der Waals surface area (Å²) in [5.74, 6) is -0.0732. The van der Waals surface area contributed by atoms with Gasteiger partial charge in [-0.05, 0) is 32.1 Å². The van der Waals surface area contributed by atoms with Crippen LogP contribution in [0.5, 0.6) is 0 Å². The number of benzene rings is 1. The fourth-order valence-electron chi connectivity index (χ4n) is 3.60. The zero-order valence-electron chi connectivity index (χ0n) is 16.3. The largest absolute Gasteiger partial charge is 0.356 e. The van der Waals surface area contributed by atoms with Crippen molar-refractivity contribution in [1.82, 2.24) is 20.0 Å². The molecular weight excluding hydrogens is 368 g/mol. The maximum atomic E-state index is 12.7. The highest BCUT2D eigenvalue weighted by Gasteiger charge is 2.16. The normalized spacial score (nSPS) is 14.0. The summed E-state index contributed by atoms with van der Waals surface area (Å²) in [6.07, 6.45) is 9.65. The number of nitrogens with one attached hydrogen (secondary N) is 1. The summed E-state index contributed by atoms with van der Waals surface area (Å²) in [6, 6.07) is 9.46. The Balaban J connectivity index is 1.37. The molecule has 3 aromatic rings. The average Bonchev–Trinajstić information content (AvgIpc) is 3.20. The van der Waals surface area contributed by atoms with Crippen molar-refractivity contribution >= 4 is 17.0 Å². The third kappa shape index (κ3) is 4.45. The Labute approximate surface area is 168 Å². The van der Waals surface area contributed by atoms with Gasteiger partial charge in [0, 0.05) is 25.1 Å². The van der Waals surface area contributed by atoms with Crippen LogP contribution < -0.4 is 10.9 Å². The van der Waals surface area contributed by atoms with Crippen molar-refractivity contribution in [3.8, 4) is 11.3 Å². The number of rotatable bonds is 7. The number of nitrogens with zero attached hydrogens (tertiary/aromatic N) is 3. The fourth-order valence-corrected chi connectivity index (χ4v) is 3.60. The van der Waals surface area contributed by atoms with Crippen molar-refractivity contribution in [1.29, 1.82) is 0 Å². The van der Waals surface area contributed by atoms with Gasteiger partial charge in [-0.15, -0.1) is 0 Å². The molecule has 0 saturated heterocycles. The van der Waals surface area contributed by atoms with Crippen LogP contribution in [0.25, 0.3) is 22.4 Å². The molecule has 1 aliphatic rings. The van der Waals surface area contributed by atoms with Crippen LogP contribution in [0.1, 0.15) is 38.5 Å². The van der Waals surface area contributed by atoms with Gasteiger partial charge in [0.05, 0.1) is 6.33 Å². The molecule has 2 heterocycles. The first-order chi connectivity index (χ1) is 14.2. The summed E-state index contributed by atoms with van der Waals surface area (Å²) in [6.45, 7) is 0.886. The van der Waals surface area contributed by atoms with Crippen molar-refractivity contribution in [3.63, 3.8) is 0 Å². The molecule has 0 bridgehead atoms. The van der Waals surface area contributed by atoms with Crippen LogP contribution in [0.4, 0.5) is 0 Å². The minimum atomic E-state index is -0.329. The van der Waals surface area contributed by atoms with Crippen LogP contribution >= 0.6 is 0 Å². The van der Waals surface area contributed by atoms with Crippen LogP contribution in [0.2, 0.25) is 0 Å². The predicted octanol–water partition coefficient (Wildman–Crippen LogP) is 3.45. The molecular formula is C22H24N4O3. The molecule has 0 fully saturated rings. The highest BCUT2D eigenvalue weighted by molar-refractivity contribution is 5.87. The van der Waals surface area contributed by atoms with E-state index < -0.39 is 0 Å². The van der Waals surface area contributed by atoms with Crippen molar-refractivity contribution in [2.45, 2.75) is 45.1 Å². The zero-order chi connectivity index (χ0) is 20.1. The summed E-state index contributed by atoms with van der Waals surface area (Å²) in [4.78, 5) is 29.1. The van der Waals surface area contributed by atoms with Crippen molar-refractivity contribution < 1.29 is 9.32 Å². The molecule has 29 heavy (non-hydrogen) atoms. The Kier molecular flexibility index (Phi) is 5.84. The van der Waals surface area contributed by atoms with E-state index in [0.717, 1.165) is 24.8 Å². The predicted molar refractivity (Wildman–Crippen MR) is 110 cm³/mol. The van der Waals surface area contributed by atoms with Gasteiger partial charge in [0.2, 0.25) is 5.91 Å². The summed E-state index contributed by atoms with van der Waals surface area (Å²) >= 11 is 0. The second-order valence-electron chi connectivity index (χ2n) is 7.28. The lowest BCUT2D eigenvalue weighted by Gasteiger charge is -2.13. The molecule has 150 valence electrons. The molecule has 7 nitrogen and oxygen atoms in total. The van der Waals surface area contributed by atoms with Gasteiger partial charge in [0.25, 0.3) is 11.1 Å². The Morgan fingerprint density at radius 1 is 1.21 bits per heavy atom. The van der Waals surface area contributed by atoms with Crippen LogP contribution in [-0.4, -0.2) is 27.2 Å². The lowest BCUT2D eigenvalue weighted by Crippen LogP contribution is -2.28. The molecule has 1 aliphatic carbocycles. The van der Waals surface area contributed by atoms with E-state index in [0.29, 0.717) is 17.8 Å². The average molecular weight is 392 g/mol. The van der Waals surface area contributed by atoms with E-state index in [-0.39, 0.29) is 30.0 Å². The van der Waals surface area contributed by atoms with Crippen molar-refractivity contribution in [2.24, 2.45) is 0 Å². The number of fused-ring (bicyclic) bond motifs is 1. The summed E-state index contributed by atoms with van der Waals surface area (Å²) < 4.78 is 6.66. The van der Waals surface area contributed by atoms with Crippen LogP contribution in [0, 0.1) is 0 Å². The van der Waals surface area contributed by atoms with E-state index in [4.69, 9.17) is 4.52 Å². The van der Waals surface area contributed by atoms with Gasteiger partial charge in [-0.1, -0.05) is 47.1 Å². The van der Waals surface area contributed by atoms with Crippen LogP contribution in [0.15, 0.2) is 57.6 Å². The number of carbonyl (C=O) groups excluding carboxylic acids is 1. The van der Waals surface area contributed by atoms with E-state index in [1.165, 1.54) is 29.3 Å². The van der Waals surface area contributed by atoms with Gasteiger partial charge in [0.1, 0.15) is 11.2 Å². The maximum Gasteiger partial charge on any atom is 0.299 e. The molecule has 4 rings (SSSR count). The quantitative estimate of drug-likeness (QED) is 0.622. The molecule has 0 aliphatic heterocycles. The molecule has 1 amide bonds. The first kappa shape index (κ1) is 19.1. The standard InChI is InChI=1S/C22H24N4O3/c27-18(23-13-11-16-7-3-1-4-8-16)12-14-26-15-24-20-19(17-9-5-2-6-10-17)25-29-21(20)22(26)28/h2,5-7,9-10,15H,1,3-4,8,11-14H2,(H,23,27). The van der Waals surface area contributed by atoms with Gasteiger partial charge in [0.15, 0.2) is 0 Å². The second kappa shape index (κ2) is 8.86. The molecule has 0 unspecified atom stereocenters. The summed E-state index contributed by atoms with van der Waals surface area (Å²) in [7, 11) is 0. The fraction of sp³-hybridized carbons (Fsp3) is 0.364. The summed E-state index contributed by atoms with van der Waals surface area (Å²) in [5.41, 5.74) is 3.02. The Morgan fingerprint density at radius 3 is 2.86 bits per heavy atom. The number of allylic oxidation sites excluding steroid dienone is 1. The minimum Gasteiger partial charge on any atom is -0.356 e. The number of hydrogen-bond donors (Lipinski definition) is 1. The second-order valence-corrected chi connectivity index (χ2v) is 7.28. The van der Waals surface area contributed by atoms with Crippen LogP contribution in [0.3, 0.4) is 0 Å². The van der Waals surface area contributed by atoms with E-state index >= 15 is 0 Å². The number of aromatic nitrogens is 3. The van der Waals surface area contributed by atoms with Gasteiger partial charge in [-0.3, -0.25) is 14.2 Å². The number of amides is 1. The highest BCUT2D eigenvalue weighted by atomic mass is 16.5. The lowest BCUT2D eigenvalue weighted by atomic mass is 9.97. The number of aryl methyl sites for hydroxylation is 1. The molecule has 0 spiro atoms. The van der Waals surface area contributed by atoms with Crippen LogP contribution in [-0.2, 0) is 11.3 Å². The van der Waals surface area contributed by atoms with Gasteiger partial charge >= 0.3 is 0 Å². The molecule has 0 atom stereocenters. The zero-order valence-corrected chi connectivity index (χ0v) is 16.3. The van der Waals surface area contributed by atoms with Gasteiger partial charge < -0.3 is 9.84 Å². The Bertz CT molecular complexity index is 1080. The molecule has 1 aromatic carbocycles. The third-order valence-corrected chi connectivity index (χ3v) is 5.23. The van der Waals surface area contributed by atoms with E-state index in [1.54, 1.807) is 0 Å². The first-order valence-electron chi connectivity index (χ1n) is 10.1. The monoisotopic (exact) mass is 392 g/mol. The van der Waals surface area contributed by atoms with E-state index in [2.05, 4.69) is 21.5 Å². The van der Waals surface area contributed by atoms with Gasteiger partial charge in [-0.25, -0.2) is 4.98 Å². The minimum absolute atomic E-state index is 0.0732. The number of carbonyl (C=O) groups is 1. The maximum absolute atomic E-state index is 12.7. The smallest absolute Gasteiger partial charge is 0.299 e. The van der Waals surface area contributed by atoms with Crippen molar-refractivity contribution in [3.05, 3.63) is 58.7 Å². The molecule has 7 heteroatoms.